The van der Waals surface area contributed by atoms with Gasteiger partial charge in [0, 0.05) is 12.5 Å². The van der Waals surface area contributed by atoms with Gasteiger partial charge in [-0.25, -0.2) is 0 Å². The minimum absolute atomic E-state index is 0.0345. The summed E-state index contributed by atoms with van der Waals surface area (Å²) in [6.07, 6.45) is -3.32. The first-order valence-corrected chi connectivity index (χ1v) is 5.52. The van der Waals surface area contributed by atoms with Gasteiger partial charge < -0.3 is 5.32 Å². The van der Waals surface area contributed by atoms with Gasteiger partial charge >= 0.3 is 12.1 Å². The van der Waals surface area contributed by atoms with E-state index in [0.29, 0.717) is 0 Å². The summed E-state index contributed by atoms with van der Waals surface area (Å²) in [7, 11) is 0. The number of nitrogens with zero attached hydrogens (tertiary/aromatic N) is 1. The van der Waals surface area contributed by atoms with Crippen LogP contribution in [0.2, 0.25) is 0 Å². The van der Waals surface area contributed by atoms with Crippen LogP contribution in [-0.4, -0.2) is 48.4 Å². The van der Waals surface area contributed by atoms with Gasteiger partial charge in [0.05, 0.1) is 6.04 Å². The van der Waals surface area contributed by atoms with Crippen molar-refractivity contribution in [2.24, 2.45) is 5.92 Å². The van der Waals surface area contributed by atoms with Gasteiger partial charge in [-0.05, 0) is 25.9 Å². The molecule has 17 heavy (non-hydrogen) atoms. The van der Waals surface area contributed by atoms with Crippen LogP contribution < -0.4 is 5.32 Å². The van der Waals surface area contributed by atoms with E-state index >= 15 is 0 Å². The van der Waals surface area contributed by atoms with Crippen molar-refractivity contribution in [1.82, 2.24) is 10.2 Å². The lowest BCUT2D eigenvalue weighted by atomic mass is 9.82. The zero-order valence-corrected chi connectivity index (χ0v) is 9.09. The van der Waals surface area contributed by atoms with Gasteiger partial charge in [-0.15, -0.1) is 0 Å². The molecule has 1 amide bonds. The van der Waals surface area contributed by atoms with Gasteiger partial charge in [-0.2, -0.15) is 13.2 Å². The number of ketones is 1. The number of amides is 1. The number of hydrogen-bond donors (Lipinski definition) is 1. The largest absolute Gasteiger partial charge is 0.471 e. The Bertz CT molecular complexity index is 335. The van der Waals surface area contributed by atoms with Crippen molar-refractivity contribution in [3.8, 4) is 0 Å². The molecule has 1 unspecified atom stereocenters. The number of piperidine rings is 3. The minimum atomic E-state index is -4.88. The molecule has 4 nitrogen and oxygen atoms in total. The summed E-state index contributed by atoms with van der Waals surface area (Å²) in [5.74, 6) is -2.05. The van der Waals surface area contributed by atoms with E-state index in [1.807, 2.05) is 4.90 Å². The molecule has 3 heterocycles. The molecule has 1 N–H and O–H groups in total. The van der Waals surface area contributed by atoms with E-state index in [0.717, 1.165) is 25.9 Å². The molecule has 0 aliphatic carbocycles. The fourth-order valence-corrected chi connectivity index (χ4v) is 2.47. The Balaban J connectivity index is 1.91. The summed E-state index contributed by atoms with van der Waals surface area (Å²) in [6, 6.07) is -0.575. The summed E-state index contributed by atoms with van der Waals surface area (Å²) in [5, 5.41) is 1.78. The normalized spacial score (nSPS) is 32.6. The second-order valence-corrected chi connectivity index (χ2v) is 4.44. The first-order valence-electron chi connectivity index (χ1n) is 5.52. The Morgan fingerprint density at radius 1 is 1.35 bits per heavy atom. The predicted octanol–water partition coefficient (Wildman–Crippen LogP) is 0.328. The van der Waals surface area contributed by atoms with E-state index in [1.165, 1.54) is 0 Å². The Kier molecular flexibility index (Phi) is 3.11. The Hall–Kier alpha value is -1.11. The van der Waals surface area contributed by atoms with Crippen molar-refractivity contribution in [2.45, 2.75) is 25.1 Å². The second kappa shape index (κ2) is 4.29. The number of rotatable bonds is 2. The highest BCUT2D eigenvalue weighted by molar-refractivity contribution is 5.89. The quantitative estimate of drug-likeness (QED) is 0.768. The van der Waals surface area contributed by atoms with Crippen LogP contribution in [0.4, 0.5) is 13.2 Å². The molecule has 0 saturated carbocycles. The molecule has 0 spiro atoms. The maximum Gasteiger partial charge on any atom is 0.471 e. The lowest BCUT2D eigenvalue weighted by Crippen LogP contribution is -2.59. The van der Waals surface area contributed by atoms with Gasteiger partial charge in [0.1, 0.15) is 0 Å². The molecule has 2 bridgehead atoms. The van der Waals surface area contributed by atoms with Gasteiger partial charge in [0.25, 0.3) is 0 Å². The van der Waals surface area contributed by atoms with E-state index in [-0.39, 0.29) is 18.2 Å². The van der Waals surface area contributed by atoms with E-state index in [4.69, 9.17) is 0 Å². The zero-order valence-electron chi connectivity index (χ0n) is 9.09. The average Bonchev–Trinajstić information content (AvgIpc) is 2.27. The van der Waals surface area contributed by atoms with Gasteiger partial charge in [-0.3, -0.25) is 14.5 Å². The van der Waals surface area contributed by atoms with Crippen molar-refractivity contribution in [3.05, 3.63) is 0 Å². The van der Waals surface area contributed by atoms with Crippen molar-refractivity contribution in [3.63, 3.8) is 0 Å². The number of hydrogen-bond acceptors (Lipinski definition) is 3. The maximum atomic E-state index is 12.0. The predicted molar refractivity (Wildman–Crippen MR) is 52.2 cm³/mol. The first kappa shape index (κ1) is 12.3. The van der Waals surface area contributed by atoms with Crippen LogP contribution in [-0.2, 0) is 9.59 Å². The molecule has 0 aromatic rings. The number of halogens is 3. The molecule has 3 rings (SSSR count). The van der Waals surface area contributed by atoms with Crippen LogP contribution in [0, 0.1) is 5.92 Å². The van der Waals surface area contributed by atoms with E-state index < -0.39 is 18.1 Å². The summed E-state index contributed by atoms with van der Waals surface area (Å²) >= 11 is 0. The van der Waals surface area contributed by atoms with Crippen molar-refractivity contribution < 1.29 is 22.8 Å². The average molecular weight is 250 g/mol. The third-order valence-corrected chi connectivity index (χ3v) is 3.41. The van der Waals surface area contributed by atoms with Crippen LogP contribution in [0.25, 0.3) is 0 Å². The summed E-state index contributed by atoms with van der Waals surface area (Å²) in [4.78, 5) is 24.3. The third-order valence-electron chi connectivity index (χ3n) is 3.41. The lowest BCUT2D eigenvalue weighted by molar-refractivity contribution is -0.174. The van der Waals surface area contributed by atoms with Crippen LogP contribution >= 0.6 is 0 Å². The Morgan fingerprint density at radius 3 is 2.41 bits per heavy atom. The summed E-state index contributed by atoms with van der Waals surface area (Å²) in [5.41, 5.74) is 0. The smallest absolute Gasteiger partial charge is 0.346 e. The molecule has 0 radical (unpaired) electrons. The number of nitrogens with one attached hydrogen (secondary N) is 1. The molecule has 3 fully saturated rings. The fraction of sp³-hybridized carbons (Fsp3) is 0.800. The van der Waals surface area contributed by atoms with Crippen LogP contribution in [0.1, 0.15) is 12.8 Å². The molecule has 3 aliphatic heterocycles. The molecule has 96 valence electrons. The molecule has 7 heteroatoms. The van der Waals surface area contributed by atoms with Crippen molar-refractivity contribution in [1.29, 1.82) is 0 Å². The van der Waals surface area contributed by atoms with E-state index in [1.54, 1.807) is 5.32 Å². The number of fused-ring (bicyclic) bond motifs is 3. The fourth-order valence-electron chi connectivity index (χ4n) is 2.47. The molecule has 3 aliphatic rings. The SMILES string of the molecule is O=C1C2CCN(CC2)C1CNC(=O)C(F)(F)F. The lowest BCUT2D eigenvalue weighted by Gasteiger charge is -2.44. The topological polar surface area (TPSA) is 49.4 Å². The number of Topliss-reactive ketones (excluding diaryl/α,β-unsaturated/α-hetero) is 1. The van der Waals surface area contributed by atoms with E-state index in [2.05, 4.69) is 0 Å². The Labute approximate surface area is 96.1 Å². The highest BCUT2D eigenvalue weighted by Gasteiger charge is 2.43. The summed E-state index contributed by atoms with van der Waals surface area (Å²) in [6.45, 7) is 1.21. The van der Waals surface area contributed by atoms with Gasteiger partial charge in [0.2, 0.25) is 0 Å². The molecule has 0 aromatic heterocycles. The molecule has 3 saturated heterocycles. The number of carbonyl (C=O) groups excluding carboxylic acids is 2. The Morgan fingerprint density at radius 2 is 1.94 bits per heavy atom. The first-order chi connectivity index (χ1) is 7.89. The van der Waals surface area contributed by atoms with E-state index in [9.17, 15) is 22.8 Å². The van der Waals surface area contributed by atoms with Crippen molar-refractivity contribution in [2.75, 3.05) is 19.6 Å². The second-order valence-electron chi connectivity index (χ2n) is 4.44. The van der Waals surface area contributed by atoms with Gasteiger partial charge in [-0.1, -0.05) is 0 Å². The number of alkyl halides is 3. The molecular weight excluding hydrogens is 237 g/mol. The highest BCUT2D eigenvalue weighted by Crippen LogP contribution is 2.28. The van der Waals surface area contributed by atoms with Crippen LogP contribution in [0.3, 0.4) is 0 Å². The van der Waals surface area contributed by atoms with Crippen LogP contribution in [0.5, 0.6) is 0 Å². The van der Waals surface area contributed by atoms with Crippen molar-refractivity contribution >= 4 is 11.7 Å². The zero-order chi connectivity index (χ0) is 12.6. The molecule has 1 atom stereocenters. The number of carbonyl (C=O) groups is 2. The van der Waals surface area contributed by atoms with Gasteiger partial charge in [0.15, 0.2) is 5.78 Å². The molecule has 0 aromatic carbocycles. The summed E-state index contributed by atoms with van der Waals surface area (Å²) < 4.78 is 35.9. The third kappa shape index (κ3) is 2.43. The highest BCUT2D eigenvalue weighted by atomic mass is 19.4. The minimum Gasteiger partial charge on any atom is -0.346 e. The molecular formula is C10H13F3N2O2. The standard InChI is InChI=1S/C10H13F3N2O2/c11-10(12,13)9(17)14-5-7-8(16)6-1-3-15(7)4-2-6/h6-7H,1-5H2,(H,14,17). The monoisotopic (exact) mass is 250 g/mol. The van der Waals surface area contributed by atoms with Crippen LogP contribution in [0.15, 0.2) is 0 Å². The maximum absolute atomic E-state index is 12.0.